The molecule has 1 aliphatic rings. The van der Waals surface area contributed by atoms with Crippen LogP contribution in [-0.4, -0.2) is 51.2 Å². The number of ether oxygens (including phenoxy) is 1. The van der Waals surface area contributed by atoms with E-state index in [1.54, 1.807) is 0 Å². The smallest absolute Gasteiger partial charge is 0.822 e. The summed E-state index contributed by atoms with van der Waals surface area (Å²) in [6.45, 7) is 1.59. The normalized spacial score (nSPS) is 14.4. The van der Waals surface area contributed by atoms with Crippen LogP contribution in [0.15, 0.2) is 11.5 Å². The molecule has 0 radical (unpaired) electrons. The molecule has 0 fully saturated rings. The molecule has 0 amide bonds. The number of carboxylic acids is 1. The van der Waals surface area contributed by atoms with Crippen molar-refractivity contribution in [3.63, 3.8) is 0 Å². The van der Waals surface area contributed by atoms with Gasteiger partial charge in [-0.1, -0.05) is 84.0 Å². The molecule has 2 atom stereocenters. The van der Waals surface area contributed by atoms with Gasteiger partial charge in [0.25, 0.3) is 0 Å². The summed E-state index contributed by atoms with van der Waals surface area (Å²) >= 11 is 0. The number of hydrogen-bond donors (Lipinski definition) is 4. The van der Waals surface area contributed by atoms with Gasteiger partial charge in [-0.25, -0.2) is 4.79 Å². The molecule has 12 nitrogen and oxygen atoms in total. The first-order valence-corrected chi connectivity index (χ1v) is 13.4. The van der Waals surface area contributed by atoms with Crippen LogP contribution in [0.3, 0.4) is 0 Å². The number of aliphatic hydroxyl groups is 4. The van der Waals surface area contributed by atoms with E-state index in [9.17, 15) is 14.7 Å². The van der Waals surface area contributed by atoms with Gasteiger partial charge in [0.1, 0.15) is 6.10 Å². The van der Waals surface area contributed by atoms with Crippen molar-refractivity contribution >= 4 is 19.8 Å². The SMILES string of the molecule is CCCCCCCCCCCCCCCC(=O)[O-].O=C1O[C@H]([C@@H](O)CO)C(O)=C1O.O=P([O-])([O-])[O-].[Na+].[Na+].[Na+].[Na+]. The number of rotatable bonds is 16. The monoisotopic (exact) mass is 618 g/mol. The third kappa shape index (κ3) is 38.3. The van der Waals surface area contributed by atoms with Gasteiger partial charge < -0.3 is 54.3 Å². The molecule has 0 saturated carbocycles. The Morgan fingerprint density at radius 1 is 0.846 bits per heavy atom. The molecular formula is C22H39Na4O12P. The van der Waals surface area contributed by atoms with Crippen molar-refractivity contribution in [1.29, 1.82) is 0 Å². The Morgan fingerprint density at radius 3 is 1.44 bits per heavy atom. The van der Waals surface area contributed by atoms with Gasteiger partial charge in [0, 0.05) is 5.97 Å². The zero-order valence-corrected chi connectivity index (χ0v) is 33.2. The third-order valence-electron chi connectivity index (χ3n) is 4.96. The Morgan fingerprint density at radius 2 is 1.18 bits per heavy atom. The summed E-state index contributed by atoms with van der Waals surface area (Å²) in [7, 11) is -5.39. The van der Waals surface area contributed by atoms with Crippen LogP contribution in [0.25, 0.3) is 0 Å². The molecule has 0 saturated heterocycles. The molecule has 0 aliphatic carbocycles. The first-order chi connectivity index (χ1) is 16.3. The minimum Gasteiger partial charge on any atom is -0.822 e. The fraction of sp³-hybridized carbons (Fsp3) is 0.818. The van der Waals surface area contributed by atoms with E-state index in [4.69, 9.17) is 39.7 Å². The first-order valence-electron chi connectivity index (χ1n) is 11.9. The molecule has 17 heteroatoms. The van der Waals surface area contributed by atoms with Crippen LogP contribution in [0.1, 0.15) is 96.8 Å². The molecule has 39 heavy (non-hydrogen) atoms. The Bertz CT molecular complexity index is 657. The van der Waals surface area contributed by atoms with Gasteiger partial charge in [-0.15, -0.1) is 0 Å². The Hall–Kier alpha value is 2.31. The molecule has 4 N–H and O–H groups in total. The van der Waals surface area contributed by atoms with Crippen LogP contribution in [0.2, 0.25) is 0 Å². The molecule has 0 aromatic carbocycles. The van der Waals surface area contributed by atoms with E-state index in [0.29, 0.717) is 0 Å². The minimum absolute atomic E-state index is 0. The van der Waals surface area contributed by atoms with Gasteiger partial charge in [-0.3, -0.25) is 0 Å². The summed E-state index contributed by atoms with van der Waals surface area (Å²) in [4.78, 5) is 46.4. The van der Waals surface area contributed by atoms with E-state index in [1.807, 2.05) is 0 Å². The largest absolute Gasteiger partial charge is 1.00 e. The number of esters is 1. The van der Waals surface area contributed by atoms with Crippen LogP contribution < -0.4 is 138 Å². The molecule has 1 heterocycles. The van der Waals surface area contributed by atoms with Gasteiger partial charge >= 0.3 is 124 Å². The number of unbranched alkanes of at least 4 members (excludes halogenated alkanes) is 12. The maximum Gasteiger partial charge on any atom is 1.00 e. The average molecular weight is 618 g/mol. The predicted octanol–water partition coefficient (Wildman–Crippen LogP) is -12.0. The zero-order chi connectivity index (χ0) is 27.3. The summed E-state index contributed by atoms with van der Waals surface area (Å²) in [6, 6.07) is 0. The van der Waals surface area contributed by atoms with Crippen LogP contribution >= 0.6 is 7.82 Å². The van der Waals surface area contributed by atoms with Crippen LogP contribution in [0.5, 0.6) is 0 Å². The fourth-order valence-electron chi connectivity index (χ4n) is 3.11. The topological polar surface area (TPSA) is 234 Å². The van der Waals surface area contributed by atoms with E-state index in [-0.39, 0.29) is 125 Å². The summed E-state index contributed by atoms with van der Waals surface area (Å²) in [5.74, 6) is -3.68. The summed E-state index contributed by atoms with van der Waals surface area (Å²) in [6.07, 6.45) is 14.2. The second kappa shape index (κ2) is 34.8. The number of carbonyl (C=O) groups is 2. The second-order valence-electron chi connectivity index (χ2n) is 8.12. The van der Waals surface area contributed by atoms with Crippen molar-refractivity contribution in [2.45, 2.75) is 109 Å². The van der Waals surface area contributed by atoms with Crippen molar-refractivity contribution in [1.82, 2.24) is 0 Å². The van der Waals surface area contributed by atoms with Crippen LogP contribution in [0, 0.1) is 0 Å². The molecule has 1 aliphatic heterocycles. The van der Waals surface area contributed by atoms with Crippen LogP contribution in [0.4, 0.5) is 0 Å². The Kier molecular flexibility index (Phi) is 48.0. The van der Waals surface area contributed by atoms with Gasteiger partial charge in [0.15, 0.2) is 11.9 Å². The van der Waals surface area contributed by atoms with E-state index in [2.05, 4.69) is 11.7 Å². The number of carbonyl (C=O) groups excluding carboxylic acids is 2. The maximum absolute atomic E-state index is 10.5. The second-order valence-corrected chi connectivity index (χ2v) is 9.02. The predicted molar refractivity (Wildman–Crippen MR) is 118 cm³/mol. The van der Waals surface area contributed by atoms with E-state index in [0.717, 1.165) is 12.8 Å². The number of hydrogen-bond acceptors (Lipinski definition) is 12. The van der Waals surface area contributed by atoms with Gasteiger partial charge in [-0.05, 0) is 12.8 Å². The third-order valence-corrected chi connectivity index (χ3v) is 4.96. The van der Waals surface area contributed by atoms with Crippen molar-refractivity contribution in [2.75, 3.05) is 6.61 Å². The maximum atomic E-state index is 10.5. The summed E-state index contributed by atoms with van der Waals surface area (Å²) in [5, 5.41) is 45.2. The molecule has 1 rings (SSSR count). The quantitative estimate of drug-likeness (QED) is 0.0547. The van der Waals surface area contributed by atoms with E-state index in [1.165, 1.54) is 70.6 Å². The molecule has 0 aromatic heterocycles. The number of aliphatic hydroxyl groups excluding tert-OH is 4. The van der Waals surface area contributed by atoms with Gasteiger partial charge in [-0.2, -0.15) is 7.82 Å². The van der Waals surface area contributed by atoms with Crippen molar-refractivity contribution in [3.8, 4) is 0 Å². The summed E-state index contributed by atoms with van der Waals surface area (Å²) in [5.41, 5.74) is 0. The number of cyclic esters (lactones) is 1. The number of carboxylic acid groups (broad SMARTS) is 1. The van der Waals surface area contributed by atoms with Gasteiger partial charge in [0.2, 0.25) is 5.76 Å². The van der Waals surface area contributed by atoms with Crippen molar-refractivity contribution in [2.24, 2.45) is 0 Å². The molecule has 0 unspecified atom stereocenters. The zero-order valence-electron chi connectivity index (χ0n) is 24.3. The van der Waals surface area contributed by atoms with E-state index < -0.39 is 50.1 Å². The Labute approximate surface area is 320 Å². The number of phosphoric acid groups is 1. The minimum atomic E-state index is -5.39. The van der Waals surface area contributed by atoms with Crippen LogP contribution in [-0.2, 0) is 18.9 Å². The van der Waals surface area contributed by atoms with E-state index >= 15 is 0 Å². The molecular weight excluding hydrogens is 579 g/mol. The van der Waals surface area contributed by atoms with Crippen molar-refractivity contribution < 1.29 is 177 Å². The van der Waals surface area contributed by atoms with Gasteiger partial charge in [0.05, 0.1) is 6.61 Å². The fourth-order valence-corrected chi connectivity index (χ4v) is 3.11. The summed E-state index contributed by atoms with van der Waals surface area (Å²) < 4.78 is 12.9. The number of aliphatic carboxylic acids is 1. The standard InChI is InChI=1S/C16H32O2.C6H8O6.4Na.H3O4P/c1-2-3-4-5-6-7-8-9-10-11-12-13-14-15-16(17)18;7-1-2(8)5-3(9)4(10)6(11)12-5;;;;;1-5(2,3)4/h2-15H2,1H3,(H,17,18);2,5,7-10H,1H2;;;;;(H3,1,2,3,4)/q;;4*+1;/p-4/t;2-,5+;;;;;/m.0...../s1. The molecule has 208 valence electrons. The molecule has 0 aromatic rings. The Balaban J connectivity index is -0.000000113. The molecule has 0 spiro atoms. The van der Waals surface area contributed by atoms with Crippen molar-refractivity contribution in [3.05, 3.63) is 11.5 Å². The molecule has 0 bridgehead atoms. The average Bonchev–Trinajstić information content (AvgIpc) is 3.03. The first kappa shape index (κ1) is 53.8.